The Labute approximate surface area is 65.2 Å². The zero-order chi connectivity index (χ0) is 7.56. The zero-order valence-electron chi connectivity index (χ0n) is 5.72. The topological polar surface area (TPSA) is 37.3 Å². The quantitative estimate of drug-likeness (QED) is 0.428. The van der Waals surface area contributed by atoms with E-state index in [2.05, 4.69) is 0 Å². The molecule has 0 radical (unpaired) electrons. The highest BCUT2D eigenvalue weighted by molar-refractivity contribution is 6.31. The van der Waals surface area contributed by atoms with E-state index in [1.807, 2.05) is 0 Å². The molecule has 0 aromatic rings. The van der Waals surface area contributed by atoms with Gasteiger partial charge in [-0.3, -0.25) is 4.79 Å². The summed E-state index contributed by atoms with van der Waals surface area (Å²) in [4.78, 5) is 10.9. The first kappa shape index (κ1) is 8.02. The molecule has 1 aliphatic rings. The standard InChI is InChI=1S/C7H11ClO2/c8-7-5(9)3-1-2-4-6(7)10/h5,7,9H,1-4H2. The minimum absolute atomic E-state index is 0.00772. The van der Waals surface area contributed by atoms with Crippen molar-refractivity contribution in [3.63, 3.8) is 0 Å². The van der Waals surface area contributed by atoms with Gasteiger partial charge in [0.25, 0.3) is 0 Å². The van der Waals surface area contributed by atoms with Crippen molar-refractivity contribution in [3.8, 4) is 0 Å². The Morgan fingerprint density at radius 2 is 2.20 bits per heavy atom. The number of alkyl halides is 1. The molecule has 2 atom stereocenters. The SMILES string of the molecule is O=C1CCCCC(O)C1Cl. The van der Waals surface area contributed by atoms with Gasteiger partial charge in [-0.2, -0.15) is 0 Å². The molecule has 2 unspecified atom stereocenters. The van der Waals surface area contributed by atoms with E-state index >= 15 is 0 Å². The summed E-state index contributed by atoms with van der Waals surface area (Å²) in [7, 11) is 0. The first-order valence-corrected chi connectivity index (χ1v) is 4.00. The number of halogens is 1. The van der Waals surface area contributed by atoms with Gasteiger partial charge < -0.3 is 5.11 Å². The molecule has 0 aliphatic heterocycles. The highest BCUT2D eigenvalue weighted by Crippen LogP contribution is 2.19. The van der Waals surface area contributed by atoms with Gasteiger partial charge in [-0.1, -0.05) is 6.42 Å². The van der Waals surface area contributed by atoms with Crippen LogP contribution in [0.3, 0.4) is 0 Å². The molecule has 0 saturated heterocycles. The van der Waals surface area contributed by atoms with Crippen molar-refractivity contribution >= 4 is 17.4 Å². The van der Waals surface area contributed by atoms with Gasteiger partial charge in [0.1, 0.15) is 5.38 Å². The minimum atomic E-state index is -0.650. The van der Waals surface area contributed by atoms with E-state index in [9.17, 15) is 9.90 Å². The summed E-state index contributed by atoms with van der Waals surface area (Å²) in [5.74, 6) is -0.00772. The molecule has 0 aromatic carbocycles. The lowest BCUT2D eigenvalue weighted by molar-refractivity contribution is -0.120. The van der Waals surface area contributed by atoms with Gasteiger partial charge in [0.2, 0.25) is 0 Å². The summed E-state index contributed by atoms with van der Waals surface area (Å²) >= 11 is 5.62. The van der Waals surface area contributed by atoms with Crippen molar-refractivity contribution in [2.45, 2.75) is 37.2 Å². The molecule has 0 aromatic heterocycles. The summed E-state index contributed by atoms with van der Waals surface area (Å²) < 4.78 is 0. The Kier molecular flexibility index (Phi) is 2.69. The largest absolute Gasteiger partial charge is 0.391 e. The van der Waals surface area contributed by atoms with Crippen LogP contribution in [0.25, 0.3) is 0 Å². The minimum Gasteiger partial charge on any atom is -0.391 e. The van der Waals surface area contributed by atoms with E-state index in [1.165, 1.54) is 0 Å². The summed E-state index contributed by atoms with van der Waals surface area (Å²) in [6, 6.07) is 0. The van der Waals surface area contributed by atoms with Crippen molar-refractivity contribution < 1.29 is 9.90 Å². The fraction of sp³-hybridized carbons (Fsp3) is 0.857. The number of rotatable bonds is 0. The van der Waals surface area contributed by atoms with Crippen LogP contribution in [0.4, 0.5) is 0 Å². The molecular formula is C7H11ClO2. The highest BCUT2D eigenvalue weighted by atomic mass is 35.5. The van der Waals surface area contributed by atoms with Crippen LogP contribution in [-0.2, 0) is 4.79 Å². The number of hydrogen-bond acceptors (Lipinski definition) is 2. The number of carbonyl (C=O) groups is 1. The van der Waals surface area contributed by atoms with Crippen LogP contribution in [0.15, 0.2) is 0 Å². The van der Waals surface area contributed by atoms with Gasteiger partial charge in [0.15, 0.2) is 5.78 Å². The lowest BCUT2D eigenvalue weighted by Crippen LogP contribution is -2.26. The Morgan fingerprint density at radius 1 is 1.50 bits per heavy atom. The molecule has 2 nitrogen and oxygen atoms in total. The molecule has 0 amide bonds. The molecule has 10 heavy (non-hydrogen) atoms. The fourth-order valence-corrected chi connectivity index (χ4v) is 1.39. The van der Waals surface area contributed by atoms with E-state index in [-0.39, 0.29) is 5.78 Å². The molecule has 0 bridgehead atoms. The predicted octanol–water partition coefficient (Wildman–Crippen LogP) is 1.10. The molecule has 1 N–H and O–H groups in total. The van der Waals surface area contributed by atoms with E-state index in [0.717, 1.165) is 12.8 Å². The molecule has 58 valence electrons. The van der Waals surface area contributed by atoms with E-state index in [4.69, 9.17) is 11.6 Å². The third-order valence-corrected chi connectivity index (χ3v) is 2.35. The number of ketones is 1. The van der Waals surface area contributed by atoms with Crippen molar-refractivity contribution in [2.24, 2.45) is 0 Å². The normalized spacial score (nSPS) is 35.6. The number of hydrogen-bond donors (Lipinski definition) is 1. The lowest BCUT2D eigenvalue weighted by atomic mass is 10.1. The van der Waals surface area contributed by atoms with Gasteiger partial charge in [-0.05, 0) is 12.8 Å². The molecule has 1 saturated carbocycles. The summed E-state index contributed by atoms with van der Waals surface area (Å²) in [6.45, 7) is 0. The van der Waals surface area contributed by atoms with Crippen molar-refractivity contribution in [1.82, 2.24) is 0 Å². The van der Waals surface area contributed by atoms with Crippen LogP contribution in [0.1, 0.15) is 25.7 Å². The fourth-order valence-electron chi connectivity index (χ4n) is 1.15. The van der Waals surface area contributed by atoms with E-state index < -0.39 is 11.5 Å². The first-order valence-electron chi connectivity index (χ1n) is 3.56. The molecular weight excluding hydrogens is 152 g/mol. The average Bonchev–Trinajstić information content (AvgIpc) is 2.04. The van der Waals surface area contributed by atoms with Gasteiger partial charge in [0.05, 0.1) is 6.10 Å². The molecule has 1 rings (SSSR count). The van der Waals surface area contributed by atoms with Crippen molar-refractivity contribution in [1.29, 1.82) is 0 Å². The van der Waals surface area contributed by atoms with E-state index in [1.54, 1.807) is 0 Å². The zero-order valence-corrected chi connectivity index (χ0v) is 6.47. The van der Waals surface area contributed by atoms with Crippen molar-refractivity contribution in [3.05, 3.63) is 0 Å². The number of Topliss-reactive ketones (excluding diaryl/α,β-unsaturated/α-hetero) is 1. The van der Waals surface area contributed by atoms with Crippen LogP contribution in [-0.4, -0.2) is 22.4 Å². The Hall–Kier alpha value is -0.0800. The van der Waals surface area contributed by atoms with E-state index in [0.29, 0.717) is 12.8 Å². The van der Waals surface area contributed by atoms with Gasteiger partial charge in [-0.15, -0.1) is 11.6 Å². The second kappa shape index (κ2) is 3.35. The maximum Gasteiger partial charge on any atom is 0.153 e. The molecule has 0 heterocycles. The molecule has 3 heteroatoms. The maximum atomic E-state index is 10.9. The van der Waals surface area contributed by atoms with Crippen LogP contribution in [0.5, 0.6) is 0 Å². The van der Waals surface area contributed by atoms with Gasteiger partial charge >= 0.3 is 0 Å². The molecule has 1 fully saturated rings. The second-order valence-corrected chi connectivity index (χ2v) is 3.15. The maximum absolute atomic E-state index is 10.9. The molecule has 0 spiro atoms. The van der Waals surface area contributed by atoms with Crippen LogP contribution >= 0.6 is 11.6 Å². The van der Waals surface area contributed by atoms with Crippen LogP contribution in [0, 0.1) is 0 Å². The lowest BCUT2D eigenvalue weighted by Gasteiger charge is -2.10. The van der Waals surface area contributed by atoms with Crippen LogP contribution in [0.2, 0.25) is 0 Å². The van der Waals surface area contributed by atoms with Gasteiger partial charge in [-0.25, -0.2) is 0 Å². The predicted molar refractivity (Wildman–Crippen MR) is 39.1 cm³/mol. The van der Waals surface area contributed by atoms with Crippen LogP contribution < -0.4 is 0 Å². The summed E-state index contributed by atoms with van der Waals surface area (Å²) in [5.41, 5.74) is 0. The Bertz CT molecular complexity index is 136. The third kappa shape index (κ3) is 1.70. The Morgan fingerprint density at radius 3 is 2.90 bits per heavy atom. The number of aliphatic hydroxyl groups is 1. The average molecular weight is 163 g/mol. The smallest absolute Gasteiger partial charge is 0.153 e. The van der Waals surface area contributed by atoms with Crippen molar-refractivity contribution in [2.75, 3.05) is 0 Å². The number of aliphatic hydroxyl groups excluding tert-OH is 1. The van der Waals surface area contributed by atoms with Gasteiger partial charge in [0, 0.05) is 6.42 Å². The highest BCUT2D eigenvalue weighted by Gasteiger charge is 2.25. The molecule has 1 aliphatic carbocycles. The Balaban J connectivity index is 2.55. The monoisotopic (exact) mass is 162 g/mol. The second-order valence-electron chi connectivity index (χ2n) is 2.68. The summed E-state index contributed by atoms with van der Waals surface area (Å²) in [6.07, 6.45) is 2.37. The first-order chi connectivity index (χ1) is 4.72. The summed E-state index contributed by atoms with van der Waals surface area (Å²) in [5, 5.41) is 8.52. The number of carbonyl (C=O) groups excluding carboxylic acids is 1. The third-order valence-electron chi connectivity index (χ3n) is 1.82.